The number of amides is 1. The predicted octanol–water partition coefficient (Wildman–Crippen LogP) is 5.20. The van der Waals surface area contributed by atoms with Crippen molar-refractivity contribution < 1.29 is 14.3 Å². The number of nitrogens with one attached hydrogen (secondary N) is 1. The van der Waals surface area contributed by atoms with Crippen LogP contribution in [0.15, 0.2) is 53.1 Å². The molecule has 3 aromatic rings. The topological polar surface area (TPSA) is 68.3 Å². The number of carbonyl (C=O) groups excluding carboxylic acids is 2. The molecule has 0 saturated carbocycles. The standard InChI is InChI=1S/C22H19BrN2O3/c1-13-16(6-4-8-18(13)23)17-7-5-9-19(14(17)2)25-22(27)20-10-21(28-3)15(12-26)11-24-20/h4-12H,1-3H3,(H,25,27). The number of halogens is 1. The first-order valence-electron chi connectivity index (χ1n) is 8.62. The lowest BCUT2D eigenvalue weighted by Gasteiger charge is -2.15. The minimum Gasteiger partial charge on any atom is -0.496 e. The SMILES string of the molecule is COc1cc(C(=O)Nc2cccc(-c3cccc(Br)c3C)c2C)ncc1C=O. The summed E-state index contributed by atoms with van der Waals surface area (Å²) in [5.74, 6) is -0.0626. The summed E-state index contributed by atoms with van der Waals surface area (Å²) in [4.78, 5) is 27.7. The Morgan fingerprint density at radius 3 is 2.46 bits per heavy atom. The predicted molar refractivity (Wildman–Crippen MR) is 113 cm³/mol. The van der Waals surface area contributed by atoms with Gasteiger partial charge in [-0.25, -0.2) is 0 Å². The fourth-order valence-electron chi connectivity index (χ4n) is 2.99. The maximum Gasteiger partial charge on any atom is 0.274 e. The normalized spacial score (nSPS) is 10.4. The summed E-state index contributed by atoms with van der Waals surface area (Å²) in [6.07, 6.45) is 1.97. The molecular weight excluding hydrogens is 420 g/mol. The number of methoxy groups -OCH3 is 1. The Morgan fingerprint density at radius 2 is 1.79 bits per heavy atom. The van der Waals surface area contributed by atoms with E-state index in [2.05, 4.69) is 39.2 Å². The average molecular weight is 439 g/mol. The molecule has 0 spiro atoms. The van der Waals surface area contributed by atoms with Gasteiger partial charge >= 0.3 is 0 Å². The number of anilines is 1. The summed E-state index contributed by atoms with van der Waals surface area (Å²) >= 11 is 3.57. The van der Waals surface area contributed by atoms with E-state index in [-0.39, 0.29) is 11.6 Å². The molecule has 142 valence electrons. The van der Waals surface area contributed by atoms with Gasteiger partial charge in [0.1, 0.15) is 11.4 Å². The fourth-order valence-corrected chi connectivity index (χ4v) is 3.35. The molecule has 0 bridgehead atoms. The van der Waals surface area contributed by atoms with Crippen molar-refractivity contribution in [1.29, 1.82) is 0 Å². The van der Waals surface area contributed by atoms with E-state index in [1.165, 1.54) is 19.4 Å². The summed E-state index contributed by atoms with van der Waals surface area (Å²) in [6, 6.07) is 13.3. The third-order valence-electron chi connectivity index (χ3n) is 4.61. The van der Waals surface area contributed by atoms with Crippen LogP contribution in [0.25, 0.3) is 11.1 Å². The van der Waals surface area contributed by atoms with Gasteiger partial charge in [0.05, 0.1) is 12.7 Å². The molecule has 0 aliphatic carbocycles. The Bertz CT molecular complexity index is 1060. The maximum atomic E-state index is 12.7. The number of carbonyl (C=O) groups is 2. The van der Waals surface area contributed by atoms with E-state index in [0.717, 1.165) is 26.7 Å². The molecule has 1 aromatic heterocycles. The van der Waals surface area contributed by atoms with Gasteiger partial charge in [0.25, 0.3) is 5.91 Å². The van der Waals surface area contributed by atoms with Crippen LogP contribution in [-0.2, 0) is 0 Å². The van der Waals surface area contributed by atoms with Gasteiger partial charge < -0.3 is 10.1 Å². The van der Waals surface area contributed by atoms with Gasteiger partial charge in [0.15, 0.2) is 6.29 Å². The minimum absolute atomic E-state index is 0.172. The Morgan fingerprint density at radius 1 is 1.11 bits per heavy atom. The van der Waals surface area contributed by atoms with E-state index in [4.69, 9.17) is 4.74 Å². The van der Waals surface area contributed by atoms with E-state index in [9.17, 15) is 9.59 Å². The lowest BCUT2D eigenvalue weighted by atomic mass is 9.95. The van der Waals surface area contributed by atoms with Crippen molar-refractivity contribution in [2.24, 2.45) is 0 Å². The Hall–Kier alpha value is -2.99. The number of pyridine rings is 1. The first-order valence-corrected chi connectivity index (χ1v) is 9.41. The van der Waals surface area contributed by atoms with Crippen molar-refractivity contribution in [3.05, 3.63) is 75.5 Å². The molecule has 0 radical (unpaired) electrons. The molecule has 0 aliphatic heterocycles. The highest BCUT2D eigenvalue weighted by atomic mass is 79.9. The number of rotatable bonds is 5. The number of nitrogens with zero attached hydrogens (tertiary/aromatic N) is 1. The van der Waals surface area contributed by atoms with Gasteiger partial charge in [0.2, 0.25) is 0 Å². The number of ether oxygens (including phenoxy) is 1. The van der Waals surface area contributed by atoms with Gasteiger partial charge in [-0.05, 0) is 48.2 Å². The van der Waals surface area contributed by atoms with Crippen LogP contribution in [0.1, 0.15) is 32.0 Å². The average Bonchev–Trinajstić information content (AvgIpc) is 2.71. The van der Waals surface area contributed by atoms with E-state index < -0.39 is 0 Å². The number of aldehydes is 1. The van der Waals surface area contributed by atoms with Crippen molar-refractivity contribution in [3.63, 3.8) is 0 Å². The molecule has 0 atom stereocenters. The number of aromatic nitrogens is 1. The monoisotopic (exact) mass is 438 g/mol. The molecule has 0 aliphatic rings. The van der Waals surface area contributed by atoms with Crippen LogP contribution in [0.2, 0.25) is 0 Å². The molecule has 28 heavy (non-hydrogen) atoms. The van der Waals surface area contributed by atoms with Crippen LogP contribution in [-0.4, -0.2) is 24.3 Å². The first-order chi connectivity index (χ1) is 13.5. The first kappa shape index (κ1) is 19.8. The smallest absolute Gasteiger partial charge is 0.274 e. The van der Waals surface area contributed by atoms with E-state index >= 15 is 0 Å². The second-order valence-electron chi connectivity index (χ2n) is 6.27. The van der Waals surface area contributed by atoms with Crippen LogP contribution in [0, 0.1) is 13.8 Å². The molecule has 1 amide bonds. The molecule has 0 unspecified atom stereocenters. The van der Waals surface area contributed by atoms with Gasteiger partial charge in [-0.2, -0.15) is 0 Å². The van der Waals surface area contributed by atoms with E-state index in [1.807, 2.05) is 37.3 Å². The lowest BCUT2D eigenvalue weighted by molar-refractivity contribution is 0.102. The molecule has 0 saturated heterocycles. The molecule has 2 aromatic carbocycles. The minimum atomic E-state index is -0.373. The quantitative estimate of drug-likeness (QED) is 0.555. The summed E-state index contributed by atoms with van der Waals surface area (Å²) in [7, 11) is 1.44. The Balaban J connectivity index is 1.94. The van der Waals surface area contributed by atoms with Gasteiger partial charge in [-0.1, -0.05) is 40.2 Å². The van der Waals surface area contributed by atoms with Gasteiger partial charge in [0, 0.05) is 22.4 Å². The highest BCUT2D eigenvalue weighted by Gasteiger charge is 2.15. The zero-order valence-electron chi connectivity index (χ0n) is 15.7. The molecule has 1 N–H and O–H groups in total. The molecular formula is C22H19BrN2O3. The maximum absolute atomic E-state index is 12.7. The molecule has 3 rings (SSSR count). The van der Waals surface area contributed by atoms with Crippen molar-refractivity contribution in [3.8, 4) is 16.9 Å². The highest BCUT2D eigenvalue weighted by Crippen LogP contribution is 2.33. The second-order valence-corrected chi connectivity index (χ2v) is 7.13. The zero-order chi connectivity index (χ0) is 20.3. The highest BCUT2D eigenvalue weighted by molar-refractivity contribution is 9.10. The number of hydrogen-bond acceptors (Lipinski definition) is 4. The van der Waals surface area contributed by atoms with Crippen molar-refractivity contribution in [2.75, 3.05) is 12.4 Å². The Kier molecular flexibility index (Phi) is 5.90. The number of hydrogen-bond donors (Lipinski definition) is 1. The zero-order valence-corrected chi connectivity index (χ0v) is 17.3. The fraction of sp³-hybridized carbons (Fsp3) is 0.136. The molecule has 6 heteroatoms. The molecule has 0 fully saturated rings. The summed E-state index contributed by atoms with van der Waals surface area (Å²) < 4.78 is 6.18. The van der Waals surface area contributed by atoms with E-state index in [1.54, 1.807) is 0 Å². The van der Waals surface area contributed by atoms with Crippen LogP contribution >= 0.6 is 15.9 Å². The third kappa shape index (κ3) is 3.82. The second kappa shape index (κ2) is 8.35. The van der Waals surface area contributed by atoms with Crippen molar-refractivity contribution >= 4 is 33.8 Å². The van der Waals surface area contributed by atoms with Crippen molar-refractivity contribution in [2.45, 2.75) is 13.8 Å². The third-order valence-corrected chi connectivity index (χ3v) is 5.47. The molecule has 5 nitrogen and oxygen atoms in total. The van der Waals surface area contributed by atoms with Crippen LogP contribution in [0.4, 0.5) is 5.69 Å². The molecule has 1 heterocycles. The van der Waals surface area contributed by atoms with Crippen LogP contribution in [0.5, 0.6) is 5.75 Å². The lowest BCUT2D eigenvalue weighted by Crippen LogP contribution is -2.15. The summed E-state index contributed by atoms with van der Waals surface area (Å²) in [5, 5.41) is 2.90. The van der Waals surface area contributed by atoms with Crippen LogP contribution < -0.4 is 10.1 Å². The van der Waals surface area contributed by atoms with Crippen molar-refractivity contribution in [1.82, 2.24) is 4.98 Å². The van der Waals surface area contributed by atoms with E-state index in [0.29, 0.717) is 23.3 Å². The summed E-state index contributed by atoms with van der Waals surface area (Å²) in [5.41, 5.74) is 5.38. The Labute approximate surface area is 171 Å². The van der Waals surface area contributed by atoms with Gasteiger partial charge in [-0.15, -0.1) is 0 Å². The summed E-state index contributed by atoms with van der Waals surface area (Å²) in [6.45, 7) is 4.02. The van der Waals surface area contributed by atoms with Crippen LogP contribution in [0.3, 0.4) is 0 Å². The van der Waals surface area contributed by atoms with Gasteiger partial charge in [-0.3, -0.25) is 14.6 Å². The number of benzene rings is 2. The largest absolute Gasteiger partial charge is 0.496 e.